The first-order valence-corrected chi connectivity index (χ1v) is 13.5. The molecular formula is C29H36N6O2. The maximum absolute atomic E-state index is 5.96. The number of likely N-dealkylation sites (tertiary alicyclic amines) is 1. The number of nitrogens with one attached hydrogen (secondary N) is 1. The van der Waals surface area contributed by atoms with Crippen LogP contribution in [0.4, 0.5) is 23.0 Å². The van der Waals surface area contributed by atoms with E-state index in [1.54, 1.807) is 13.4 Å². The fraction of sp³-hybridized carbons (Fsp3) is 0.448. The second-order valence-corrected chi connectivity index (χ2v) is 10.1. The van der Waals surface area contributed by atoms with E-state index in [0.717, 1.165) is 42.8 Å². The van der Waals surface area contributed by atoms with Crippen LogP contribution in [0.1, 0.15) is 43.7 Å². The van der Waals surface area contributed by atoms with Crippen molar-refractivity contribution in [3.05, 3.63) is 66.5 Å². The molecule has 3 aliphatic heterocycles. The molecule has 3 saturated heterocycles. The number of hydrogen-bond donors (Lipinski definition) is 1. The highest BCUT2D eigenvalue weighted by Gasteiger charge is 2.29. The van der Waals surface area contributed by atoms with Gasteiger partial charge in [-0.05, 0) is 56.5 Å². The quantitative estimate of drug-likeness (QED) is 0.476. The van der Waals surface area contributed by atoms with Gasteiger partial charge in [0.25, 0.3) is 0 Å². The molecule has 0 radical (unpaired) electrons. The first-order chi connectivity index (χ1) is 18.3. The van der Waals surface area contributed by atoms with Crippen LogP contribution < -0.4 is 20.0 Å². The van der Waals surface area contributed by atoms with Crippen molar-refractivity contribution in [3.8, 4) is 5.75 Å². The molecule has 6 rings (SSSR count). The summed E-state index contributed by atoms with van der Waals surface area (Å²) in [7, 11) is 1.72. The lowest BCUT2D eigenvalue weighted by Crippen LogP contribution is -2.43. The predicted octanol–water partition coefficient (Wildman–Crippen LogP) is 5.18. The minimum Gasteiger partial charge on any atom is -0.494 e. The number of methoxy groups -OCH3 is 1. The zero-order chi connectivity index (χ0) is 25.0. The molecule has 194 valence electrons. The topological polar surface area (TPSA) is 66.0 Å². The fourth-order valence-electron chi connectivity index (χ4n) is 5.92. The van der Waals surface area contributed by atoms with Crippen molar-refractivity contribution < 1.29 is 9.57 Å². The van der Waals surface area contributed by atoms with Crippen LogP contribution in [-0.2, 0) is 4.84 Å². The van der Waals surface area contributed by atoms with E-state index in [9.17, 15) is 0 Å². The fourth-order valence-corrected chi connectivity index (χ4v) is 5.92. The number of hydroxylamine groups is 1. The first-order valence-electron chi connectivity index (χ1n) is 13.5. The van der Waals surface area contributed by atoms with E-state index < -0.39 is 0 Å². The Morgan fingerprint density at radius 3 is 2.51 bits per heavy atom. The van der Waals surface area contributed by atoms with Crippen LogP contribution in [-0.4, -0.2) is 60.8 Å². The Morgan fingerprint density at radius 1 is 0.919 bits per heavy atom. The van der Waals surface area contributed by atoms with Gasteiger partial charge in [-0.1, -0.05) is 30.3 Å². The van der Waals surface area contributed by atoms with Gasteiger partial charge in [-0.2, -0.15) is 0 Å². The number of ether oxygens (including phenoxy) is 1. The first kappa shape index (κ1) is 24.0. The summed E-state index contributed by atoms with van der Waals surface area (Å²) in [4.78, 5) is 20.1. The molecule has 1 aromatic heterocycles. The molecule has 3 aromatic rings. The summed E-state index contributed by atoms with van der Waals surface area (Å²) in [5.41, 5.74) is 3.31. The zero-order valence-corrected chi connectivity index (χ0v) is 21.6. The van der Waals surface area contributed by atoms with Crippen molar-refractivity contribution in [1.29, 1.82) is 0 Å². The van der Waals surface area contributed by atoms with E-state index >= 15 is 0 Å². The summed E-state index contributed by atoms with van der Waals surface area (Å²) in [5, 5.41) is 5.33. The van der Waals surface area contributed by atoms with Crippen molar-refractivity contribution in [2.75, 3.05) is 55.2 Å². The summed E-state index contributed by atoms with van der Waals surface area (Å²) in [5.74, 6) is 2.24. The minimum absolute atomic E-state index is 0.132. The van der Waals surface area contributed by atoms with Gasteiger partial charge in [0, 0.05) is 43.4 Å². The van der Waals surface area contributed by atoms with Gasteiger partial charge < -0.3 is 19.9 Å². The summed E-state index contributed by atoms with van der Waals surface area (Å²) in [6.07, 6.45) is 7.67. The molecule has 2 aromatic carbocycles. The number of benzene rings is 2. The van der Waals surface area contributed by atoms with Crippen LogP contribution in [0.2, 0.25) is 0 Å². The molecule has 0 amide bonds. The maximum Gasteiger partial charge on any atom is 0.158 e. The number of aromatic nitrogens is 2. The molecule has 8 heteroatoms. The molecule has 1 N–H and O–H groups in total. The Labute approximate surface area is 219 Å². The number of nitrogens with zero attached hydrogens (tertiary/aromatic N) is 5. The van der Waals surface area contributed by atoms with Crippen LogP contribution in [0.3, 0.4) is 0 Å². The second-order valence-electron chi connectivity index (χ2n) is 10.1. The average molecular weight is 501 g/mol. The van der Waals surface area contributed by atoms with Crippen LogP contribution in [0, 0.1) is 0 Å². The van der Waals surface area contributed by atoms with E-state index in [1.807, 2.05) is 17.2 Å². The average Bonchev–Trinajstić information content (AvgIpc) is 3.67. The van der Waals surface area contributed by atoms with Crippen LogP contribution in [0.15, 0.2) is 60.9 Å². The van der Waals surface area contributed by atoms with Crippen LogP contribution in [0.25, 0.3) is 0 Å². The normalized spacial score (nSPS) is 20.9. The molecule has 0 spiro atoms. The summed E-state index contributed by atoms with van der Waals surface area (Å²) < 4.78 is 5.78. The SMILES string of the molecule is COc1cc(N2CCC(N3CCCC3)CC2)ccc1Nc1cc(N2OCCC2c2ccccc2)ncn1. The maximum atomic E-state index is 5.96. The lowest BCUT2D eigenvalue weighted by Gasteiger charge is -2.38. The van der Waals surface area contributed by atoms with Crippen LogP contribution >= 0.6 is 0 Å². The summed E-state index contributed by atoms with van der Waals surface area (Å²) in [6, 6.07) is 19.6. The van der Waals surface area contributed by atoms with Crippen molar-refractivity contribution in [1.82, 2.24) is 14.9 Å². The molecule has 3 aliphatic rings. The van der Waals surface area contributed by atoms with Crippen molar-refractivity contribution in [2.45, 2.75) is 44.2 Å². The van der Waals surface area contributed by atoms with Gasteiger partial charge in [-0.25, -0.2) is 15.0 Å². The monoisotopic (exact) mass is 500 g/mol. The minimum atomic E-state index is 0.132. The van der Waals surface area contributed by atoms with Gasteiger partial charge in [0.2, 0.25) is 0 Å². The number of anilines is 4. The third kappa shape index (κ3) is 5.22. The number of hydrogen-bond acceptors (Lipinski definition) is 8. The lowest BCUT2D eigenvalue weighted by atomic mass is 10.0. The molecule has 37 heavy (non-hydrogen) atoms. The van der Waals surface area contributed by atoms with E-state index in [1.165, 1.54) is 50.0 Å². The molecule has 0 saturated carbocycles. The van der Waals surface area contributed by atoms with Gasteiger partial charge in [-0.3, -0.25) is 4.84 Å². The number of piperidine rings is 1. The molecule has 8 nitrogen and oxygen atoms in total. The molecule has 0 aliphatic carbocycles. The van der Waals surface area contributed by atoms with Crippen LogP contribution in [0.5, 0.6) is 5.75 Å². The van der Waals surface area contributed by atoms with E-state index in [-0.39, 0.29) is 6.04 Å². The third-order valence-electron chi connectivity index (χ3n) is 7.90. The predicted molar refractivity (Wildman–Crippen MR) is 147 cm³/mol. The standard InChI is InChI=1S/C29H36N6O2/c1-36-27-19-24(34-16-11-23(12-17-34)33-14-5-6-15-33)9-10-25(27)32-28-20-29(31-21-30-28)35-26(13-18-37-35)22-7-3-2-4-8-22/h2-4,7-10,19-21,23,26H,5-6,11-18H2,1H3,(H,30,31,32). The molecule has 3 fully saturated rings. The van der Waals surface area contributed by atoms with Crippen molar-refractivity contribution in [2.24, 2.45) is 0 Å². The molecule has 1 atom stereocenters. The van der Waals surface area contributed by atoms with Gasteiger partial charge in [0.05, 0.1) is 25.4 Å². The van der Waals surface area contributed by atoms with E-state index in [2.05, 4.69) is 67.5 Å². The van der Waals surface area contributed by atoms with Gasteiger partial charge in [0.15, 0.2) is 5.82 Å². The molecule has 1 unspecified atom stereocenters. The Bertz CT molecular complexity index is 1180. The highest BCUT2D eigenvalue weighted by atomic mass is 16.7. The second kappa shape index (κ2) is 10.9. The van der Waals surface area contributed by atoms with Gasteiger partial charge >= 0.3 is 0 Å². The Kier molecular flexibility index (Phi) is 7.10. The lowest BCUT2D eigenvalue weighted by molar-refractivity contribution is 0.157. The molecule has 0 bridgehead atoms. The Balaban J connectivity index is 1.14. The summed E-state index contributed by atoms with van der Waals surface area (Å²) >= 11 is 0. The summed E-state index contributed by atoms with van der Waals surface area (Å²) in [6.45, 7) is 5.40. The van der Waals surface area contributed by atoms with Crippen molar-refractivity contribution in [3.63, 3.8) is 0 Å². The largest absolute Gasteiger partial charge is 0.494 e. The Morgan fingerprint density at radius 2 is 1.73 bits per heavy atom. The molecule has 4 heterocycles. The van der Waals surface area contributed by atoms with E-state index in [0.29, 0.717) is 12.4 Å². The number of rotatable bonds is 7. The van der Waals surface area contributed by atoms with Crippen molar-refractivity contribution >= 4 is 23.0 Å². The third-order valence-corrected chi connectivity index (χ3v) is 7.90. The zero-order valence-electron chi connectivity index (χ0n) is 21.6. The smallest absolute Gasteiger partial charge is 0.158 e. The molecular weight excluding hydrogens is 464 g/mol. The van der Waals surface area contributed by atoms with Gasteiger partial charge in [-0.15, -0.1) is 0 Å². The van der Waals surface area contributed by atoms with Gasteiger partial charge in [0.1, 0.15) is 17.9 Å². The van der Waals surface area contributed by atoms with E-state index in [4.69, 9.17) is 9.57 Å². The highest BCUT2D eigenvalue weighted by Crippen LogP contribution is 2.36. The Hall–Kier alpha value is -3.36. The highest BCUT2D eigenvalue weighted by molar-refractivity contribution is 5.70.